The van der Waals surface area contributed by atoms with Gasteiger partial charge in [-0.3, -0.25) is 0 Å². The van der Waals surface area contributed by atoms with Crippen molar-refractivity contribution in [3.05, 3.63) is 22.9 Å². The van der Waals surface area contributed by atoms with Crippen molar-refractivity contribution in [1.29, 1.82) is 0 Å². The first kappa shape index (κ1) is 16.3. The van der Waals surface area contributed by atoms with Gasteiger partial charge in [-0.05, 0) is 56.7 Å². The smallest absolute Gasteiger partial charge is 0.133 e. The van der Waals surface area contributed by atoms with Gasteiger partial charge in [-0.2, -0.15) is 0 Å². The third-order valence-corrected chi connectivity index (χ3v) is 4.26. The molecule has 1 aliphatic heterocycles. The highest BCUT2D eigenvalue weighted by atomic mass is 15.2. The van der Waals surface area contributed by atoms with Crippen LogP contribution in [-0.4, -0.2) is 24.6 Å². The SMILES string of the molecule is Cc1cc(C)c(CNCC(C)C)c(N2CCCC(C)C2)n1. The topological polar surface area (TPSA) is 28.2 Å². The van der Waals surface area contributed by atoms with Crippen LogP contribution < -0.4 is 10.2 Å². The number of aromatic nitrogens is 1. The number of rotatable bonds is 5. The number of piperidine rings is 1. The number of anilines is 1. The second-order valence-corrected chi connectivity index (χ2v) is 7.10. The van der Waals surface area contributed by atoms with E-state index in [2.05, 4.69) is 50.9 Å². The maximum Gasteiger partial charge on any atom is 0.133 e. The van der Waals surface area contributed by atoms with Crippen LogP contribution in [0.2, 0.25) is 0 Å². The fraction of sp³-hybridized carbons (Fsp3) is 0.722. The van der Waals surface area contributed by atoms with E-state index >= 15 is 0 Å². The van der Waals surface area contributed by atoms with Crippen LogP contribution in [0.4, 0.5) is 5.82 Å². The van der Waals surface area contributed by atoms with Crippen LogP contribution in [0, 0.1) is 25.7 Å². The van der Waals surface area contributed by atoms with E-state index in [-0.39, 0.29) is 0 Å². The van der Waals surface area contributed by atoms with Gasteiger partial charge in [-0.15, -0.1) is 0 Å². The lowest BCUT2D eigenvalue weighted by molar-refractivity contribution is 0.443. The summed E-state index contributed by atoms with van der Waals surface area (Å²) in [6.07, 6.45) is 2.64. The van der Waals surface area contributed by atoms with Gasteiger partial charge in [-0.1, -0.05) is 20.8 Å². The van der Waals surface area contributed by atoms with Crippen LogP contribution in [0.5, 0.6) is 0 Å². The Morgan fingerprint density at radius 2 is 2.14 bits per heavy atom. The molecule has 21 heavy (non-hydrogen) atoms. The summed E-state index contributed by atoms with van der Waals surface area (Å²) >= 11 is 0. The van der Waals surface area contributed by atoms with Gasteiger partial charge in [-0.25, -0.2) is 4.98 Å². The molecule has 0 aromatic carbocycles. The van der Waals surface area contributed by atoms with Gasteiger partial charge in [0.1, 0.15) is 5.82 Å². The Bertz CT molecular complexity index is 468. The average molecular weight is 289 g/mol. The van der Waals surface area contributed by atoms with Crippen LogP contribution in [0.3, 0.4) is 0 Å². The number of hydrogen-bond donors (Lipinski definition) is 1. The zero-order valence-corrected chi connectivity index (χ0v) is 14.4. The Hall–Kier alpha value is -1.09. The van der Waals surface area contributed by atoms with Crippen molar-refractivity contribution in [2.24, 2.45) is 11.8 Å². The first-order valence-corrected chi connectivity index (χ1v) is 8.40. The minimum Gasteiger partial charge on any atom is -0.356 e. The van der Waals surface area contributed by atoms with E-state index in [0.717, 1.165) is 37.8 Å². The van der Waals surface area contributed by atoms with Crippen LogP contribution >= 0.6 is 0 Å². The third kappa shape index (κ3) is 4.44. The first-order chi connectivity index (χ1) is 9.97. The highest BCUT2D eigenvalue weighted by Crippen LogP contribution is 2.27. The van der Waals surface area contributed by atoms with E-state index in [9.17, 15) is 0 Å². The second kappa shape index (κ2) is 7.26. The van der Waals surface area contributed by atoms with Crippen molar-refractivity contribution in [2.45, 2.75) is 54.0 Å². The van der Waals surface area contributed by atoms with Crippen LogP contribution in [-0.2, 0) is 6.54 Å². The molecule has 1 aromatic heterocycles. The molecule has 0 saturated carbocycles. The van der Waals surface area contributed by atoms with Crippen LogP contribution in [0.25, 0.3) is 0 Å². The summed E-state index contributed by atoms with van der Waals surface area (Å²) in [6, 6.07) is 2.21. The lowest BCUT2D eigenvalue weighted by Gasteiger charge is -2.34. The molecule has 1 unspecified atom stereocenters. The van der Waals surface area contributed by atoms with Gasteiger partial charge in [0.05, 0.1) is 0 Å². The van der Waals surface area contributed by atoms with Crippen molar-refractivity contribution in [3.8, 4) is 0 Å². The largest absolute Gasteiger partial charge is 0.356 e. The monoisotopic (exact) mass is 289 g/mol. The number of nitrogens with one attached hydrogen (secondary N) is 1. The quantitative estimate of drug-likeness (QED) is 0.896. The Kier molecular flexibility index (Phi) is 5.63. The van der Waals surface area contributed by atoms with Gasteiger partial charge in [0, 0.05) is 30.9 Å². The summed E-state index contributed by atoms with van der Waals surface area (Å²) in [5.74, 6) is 2.68. The van der Waals surface area contributed by atoms with E-state index in [0.29, 0.717) is 5.92 Å². The molecule has 3 heteroatoms. The molecular formula is C18H31N3. The molecule has 0 amide bonds. The van der Waals surface area contributed by atoms with Gasteiger partial charge in [0.25, 0.3) is 0 Å². The molecule has 0 radical (unpaired) electrons. The Balaban J connectivity index is 2.21. The molecule has 1 aromatic rings. The Morgan fingerprint density at radius 3 is 2.81 bits per heavy atom. The van der Waals surface area contributed by atoms with Gasteiger partial charge >= 0.3 is 0 Å². The molecule has 1 saturated heterocycles. The lowest BCUT2D eigenvalue weighted by atomic mass is 9.99. The molecule has 2 heterocycles. The average Bonchev–Trinajstić information content (AvgIpc) is 2.40. The van der Waals surface area contributed by atoms with Crippen molar-refractivity contribution < 1.29 is 0 Å². The van der Waals surface area contributed by atoms with Crippen molar-refractivity contribution in [3.63, 3.8) is 0 Å². The van der Waals surface area contributed by atoms with Gasteiger partial charge in [0.15, 0.2) is 0 Å². The lowest BCUT2D eigenvalue weighted by Crippen LogP contribution is -2.36. The van der Waals surface area contributed by atoms with E-state index in [1.165, 1.54) is 29.8 Å². The van der Waals surface area contributed by atoms with Gasteiger partial charge in [0.2, 0.25) is 0 Å². The molecule has 3 nitrogen and oxygen atoms in total. The molecular weight excluding hydrogens is 258 g/mol. The van der Waals surface area contributed by atoms with Crippen LogP contribution in [0.15, 0.2) is 6.07 Å². The summed E-state index contributed by atoms with van der Waals surface area (Å²) in [4.78, 5) is 7.38. The minimum atomic E-state index is 0.683. The van der Waals surface area contributed by atoms with Crippen molar-refractivity contribution >= 4 is 5.82 Å². The fourth-order valence-electron chi connectivity index (χ4n) is 3.19. The molecule has 0 spiro atoms. The number of hydrogen-bond acceptors (Lipinski definition) is 3. The molecule has 1 aliphatic rings. The fourth-order valence-corrected chi connectivity index (χ4v) is 3.19. The second-order valence-electron chi connectivity index (χ2n) is 7.10. The highest BCUT2D eigenvalue weighted by molar-refractivity contribution is 5.52. The maximum absolute atomic E-state index is 4.88. The van der Waals surface area contributed by atoms with E-state index in [1.54, 1.807) is 0 Å². The summed E-state index contributed by atoms with van der Waals surface area (Å²) in [7, 11) is 0. The molecule has 0 aliphatic carbocycles. The molecule has 1 N–H and O–H groups in total. The zero-order chi connectivity index (χ0) is 15.4. The standard InChI is InChI=1S/C18H31N3/c1-13(2)10-19-11-17-15(4)9-16(5)20-18(17)21-8-6-7-14(3)12-21/h9,13-14,19H,6-8,10-12H2,1-5H3. The minimum absolute atomic E-state index is 0.683. The van der Waals surface area contributed by atoms with E-state index in [4.69, 9.17) is 4.98 Å². The Labute approximate surface area is 130 Å². The first-order valence-electron chi connectivity index (χ1n) is 8.40. The summed E-state index contributed by atoms with van der Waals surface area (Å²) in [5, 5.41) is 3.59. The summed E-state index contributed by atoms with van der Waals surface area (Å²) in [6.45, 7) is 15.5. The third-order valence-electron chi connectivity index (χ3n) is 4.26. The molecule has 1 atom stereocenters. The van der Waals surface area contributed by atoms with Crippen molar-refractivity contribution in [1.82, 2.24) is 10.3 Å². The zero-order valence-electron chi connectivity index (χ0n) is 14.4. The van der Waals surface area contributed by atoms with Gasteiger partial charge < -0.3 is 10.2 Å². The number of aryl methyl sites for hydroxylation is 2. The maximum atomic E-state index is 4.88. The predicted octanol–water partition coefficient (Wildman–Crippen LogP) is 3.68. The number of nitrogens with zero attached hydrogens (tertiary/aromatic N) is 2. The normalized spacial score (nSPS) is 19.3. The van der Waals surface area contributed by atoms with E-state index in [1.807, 2.05) is 0 Å². The highest BCUT2D eigenvalue weighted by Gasteiger charge is 2.21. The number of pyridine rings is 1. The molecule has 118 valence electrons. The predicted molar refractivity (Wildman–Crippen MR) is 90.9 cm³/mol. The van der Waals surface area contributed by atoms with E-state index < -0.39 is 0 Å². The van der Waals surface area contributed by atoms with Crippen LogP contribution in [0.1, 0.15) is 50.4 Å². The summed E-state index contributed by atoms with van der Waals surface area (Å²) in [5.41, 5.74) is 3.88. The van der Waals surface area contributed by atoms with Crippen molar-refractivity contribution in [2.75, 3.05) is 24.5 Å². The molecule has 0 bridgehead atoms. The summed E-state index contributed by atoms with van der Waals surface area (Å²) < 4.78 is 0. The molecule has 2 rings (SSSR count). The Morgan fingerprint density at radius 1 is 1.38 bits per heavy atom. The molecule has 1 fully saturated rings.